The van der Waals surface area contributed by atoms with E-state index in [0.29, 0.717) is 16.9 Å². The van der Waals surface area contributed by atoms with Crippen molar-refractivity contribution >= 4 is 29.1 Å². The number of hydrogen-bond acceptors (Lipinski definition) is 2. The van der Waals surface area contributed by atoms with Gasteiger partial charge >= 0.3 is 0 Å². The van der Waals surface area contributed by atoms with E-state index in [9.17, 15) is 4.39 Å². The number of fused-ring (bicyclic) bond motifs is 2. The SMILES string of the molecule is CNC(=S)NN=C1C(=Cc2ccc(F)cc2)CC2CC1C2(C)C. The van der Waals surface area contributed by atoms with Gasteiger partial charge in [-0.25, -0.2) is 4.39 Å². The quantitative estimate of drug-likeness (QED) is 0.640. The lowest BCUT2D eigenvalue weighted by Crippen LogP contribution is -2.54. The molecule has 3 fully saturated rings. The molecule has 0 spiro atoms. The molecule has 0 aromatic heterocycles. The fraction of sp³-hybridized carbons (Fsp3) is 0.444. The second-order valence-corrected chi connectivity index (χ2v) is 7.33. The van der Waals surface area contributed by atoms with Crippen molar-refractivity contribution < 1.29 is 4.39 Å². The largest absolute Gasteiger partial charge is 0.364 e. The molecule has 2 unspecified atom stereocenters. The Morgan fingerprint density at radius 1 is 1.35 bits per heavy atom. The summed E-state index contributed by atoms with van der Waals surface area (Å²) in [6.07, 6.45) is 4.31. The zero-order valence-corrected chi connectivity index (χ0v) is 14.5. The summed E-state index contributed by atoms with van der Waals surface area (Å²) in [6, 6.07) is 6.59. The summed E-state index contributed by atoms with van der Waals surface area (Å²) >= 11 is 5.12. The topological polar surface area (TPSA) is 36.4 Å². The number of thiocarbonyl (C=S) groups is 1. The zero-order chi connectivity index (χ0) is 16.6. The van der Waals surface area contributed by atoms with Crippen molar-refractivity contribution in [2.45, 2.75) is 26.7 Å². The van der Waals surface area contributed by atoms with Gasteiger partial charge in [0.2, 0.25) is 0 Å². The Labute approximate surface area is 142 Å². The molecule has 5 heteroatoms. The molecule has 0 amide bonds. The number of nitrogens with zero attached hydrogens (tertiary/aromatic N) is 1. The summed E-state index contributed by atoms with van der Waals surface area (Å²) in [5, 5.41) is 7.97. The number of allylic oxidation sites excluding steroid dienone is 1. The van der Waals surface area contributed by atoms with Gasteiger partial charge in [0.05, 0.1) is 5.71 Å². The lowest BCUT2D eigenvalue weighted by atomic mass is 9.47. The van der Waals surface area contributed by atoms with Gasteiger partial charge in [0.25, 0.3) is 0 Å². The Kier molecular flexibility index (Phi) is 4.23. The van der Waals surface area contributed by atoms with Crippen LogP contribution in [-0.4, -0.2) is 17.9 Å². The van der Waals surface area contributed by atoms with Crippen molar-refractivity contribution in [1.82, 2.24) is 10.7 Å². The van der Waals surface area contributed by atoms with Crippen LogP contribution in [0.5, 0.6) is 0 Å². The minimum Gasteiger partial charge on any atom is -0.364 e. The first-order chi connectivity index (χ1) is 10.9. The lowest BCUT2D eigenvalue weighted by Gasteiger charge is -2.57. The molecule has 1 aromatic carbocycles. The molecule has 3 saturated carbocycles. The second-order valence-electron chi connectivity index (χ2n) is 6.92. The van der Waals surface area contributed by atoms with E-state index in [4.69, 9.17) is 12.2 Å². The van der Waals surface area contributed by atoms with Crippen molar-refractivity contribution in [3.8, 4) is 0 Å². The Morgan fingerprint density at radius 3 is 2.65 bits per heavy atom. The van der Waals surface area contributed by atoms with Crippen LogP contribution < -0.4 is 10.7 Å². The number of rotatable bonds is 2. The maximum atomic E-state index is 13.1. The molecular formula is C18H22FN3S. The first kappa shape index (κ1) is 16.1. The fourth-order valence-corrected chi connectivity index (χ4v) is 3.68. The van der Waals surface area contributed by atoms with E-state index >= 15 is 0 Å². The first-order valence-corrected chi connectivity index (χ1v) is 8.34. The summed E-state index contributed by atoms with van der Waals surface area (Å²) in [5.74, 6) is 0.921. The molecule has 0 heterocycles. The van der Waals surface area contributed by atoms with Crippen LogP contribution in [-0.2, 0) is 0 Å². The Morgan fingerprint density at radius 2 is 2.04 bits per heavy atom. The molecule has 1 aromatic rings. The average molecular weight is 331 g/mol. The molecule has 2 N–H and O–H groups in total. The van der Waals surface area contributed by atoms with E-state index < -0.39 is 0 Å². The molecule has 2 bridgehead atoms. The molecule has 3 nitrogen and oxygen atoms in total. The maximum Gasteiger partial charge on any atom is 0.186 e. The van der Waals surface area contributed by atoms with Gasteiger partial charge in [0.15, 0.2) is 5.11 Å². The summed E-state index contributed by atoms with van der Waals surface area (Å²) < 4.78 is 13.1. The van der Waals surface area contributed by atoms with Crippen LogP contribution in [0.4, 0.5) is 4.39 Å². The summed E-state index contributed by atoms with van der Waals surface area (Å²) in [7, 11) is 1.77. The maximum absolute atomic E-state index is 13.1. The van der Waals surface area contributed by atoms with Crippen molar-refractivity contribution in [3.63, 3.8) is 0 Å². The highest BCUT2D eigenvalue weighted by Crippen LogP contribution is 2.59. The molecule has 0 saturated heterocycles. The van der Waals surface area contributed by atoms with Gasteiger partial charge in [-0.2, -0.15) is 5.10 Å². The van der Waals surface area contributed by atoms with Gasteiger partial charge < -0.3 is 5.32 Å². The van der Waals surface area contributed by atoms with Crippen LogP contribution >= 0.6 is 12.2 Å². The zero-order valence-electron chi connectivity index (χ0n) is 13.7. The van der Waals surface area contributed by atoms with Gasteiger partial charge in [-0.1, -0.05) is 26.0 Å². The van der Waals surface area contributed by atoms with Crippen LogP contribution in [0.25, 0.3) is 6.08 Å². The standard InChI is InChI=1S/C18H22FN3S/c1-18(2)13-9-12(8-11-4-6-14(19)7-5-11)16(15(18)10-13)21-22-17(23)20-3/h4-8,13,15H,9-10H2,1-3H3,(H2,20,22,23). The van der Waals surface area contributed by atoms with Crippen LogP contribution in [0.3, 0.4) is 0 Å². The van der Waals surface area contributed by atoms with Gasteiger partial charge in [-0.3, -0.25) is 5.43 Å². The van der Waals surface area contributed by atoms with Gasteiger partial charge in [-0.15, -0.1) is 0 Å². The molecule has 3 aliphatic rings. The van der Waals surface area contributed by atoms with Crippen molar-refractivity contribution in [1.29, 1.82) is 0 Å². The molecule has 122 valence electrons. The Bertz CT molecular complexity index is 676. The van der Waals surface area contributed by atoms with E-state index in [1.54, 1.807) is 19.2 Å². The molecular weight excluding hydrogens is 309 g/mol. The summed E-state index contributed by atoms with van der Waals surface area (Å²) in [6.45, 7) is 4.62. The highest BCUT2D eigenvalue weighted by Gasteiger charge is 2.54. The summed E-state index contributed by atoms with van der Waals surface area (Å²) in [4.78, 5) is 0. The average Bonchev–Trinajstić information content (AvgIpc) is 2.54. The highest BCUT2D eigenvalue weighted by molar-refractivity contribution is 7.80. The molecule has 0 aliphatic heterocycles. The molecule has 23 heavy (non-hydrogen) atoms. The smallest absolute Gasteiger partial charge is 0.186 e. The third-order valence-corrected chi connectivity index (χ3v) is 5.61. The van der Waals surface area contributed by atoms with Crippen LogP contribution in [0.15, 0.2) is 34.9 Å². The monoisotopic (exact) mass is 331 g/mol. The number of halogens is 1. The second kappa shape index (κ2) is 6.04. The highest BCUT2D eigenvalue weighted by atomic mass is 32.1. The van der Waals surface area contributed by atoms with Crippen molar-refractivity contribution in [2.75, 3.05) is 7.05 Å². The van der Waals surface area contributed by atoms with E-state index in [1.165, 1.54) is 24.1 Å². The fourth-order valence-electron chi connectivity index (χ4n) is 3.63. The van der Waals surface area contributed by atoms with Crippen LogP contribution in [0.1, 0.15) is 32.3 Å². The van der Waals surface area contributed by atoms with Gasteiger partial charge in [0, 0.05) is 13.0 Å². The lowest BCUT2D eigenvalue weighted by molar-refractivity contribution is 0.0141. The summed E-state index contributed by atoms with van der Waals surface area (Å²) in [5.41, 5.74) is 6.52. The van der Waals surface area contributed by atoms with Crippen LogP contribution in [0.2, 0.25) is 0 Å². The predicted octanol–water partition coefficient (Wildman–Crippen LogP) is 3.73. The van der Waals surface area contributed by atoms with E-state index in [1.807, 2.05) is 0 Å². The van der Waals surface area contributed by atoms with Crippen molar-refractivity contribution in [3.05, 3.63) is 41.2 Å². The number of hydrogen-bond donors (Lipinski definition) is 2. The number of hydrazone groups is 1. The van der Waals surface area contributed by atoms with Crippen LogP contribution in [0, 0.1) is 23.1 Å². The minimum atomic E-state index is -0.213. The Balaban J connectivity index is 1.91. The predicted molar refractivity (Wildman–Crippen MR) is 96.6 cm³/mol. The third kappa shape index (κ3) is 3.02. The molecule has 3 aliphatic carbocycles. The molecule has 4 rings (SSSR count). The van der Waals surface area contributed by atoms with Gasteiger partial charge in [0.1, 0.15) is 5.82 Å². The first-order valence-electron chi connectivity index (χ1n) is 7.93. The van der Waals surface area contributed by atoms with E-state index in [-0.39, 0.29) is 11.2 Å². The Hall–Kier alpha value is -1.75. The minimum absolute atomic E-state index is 0.213. The normalized spacial score (nSPS) is 28.3. The molecule has 0 radical (unpaired) electrons. The third-order valence-electron chi connectivity index (χ3n) is 5.31. The number of nitrogens with one attached hydrogen (secondary N) is 2. The van der Waals surface area contributed by atoms with E-state index in [2.05, 4.69) is 35.8 Å². The molecule has 2 atom stereocenters. The number of benzene rings is 1. The van der Waals surface area contributed by atoms with Gasteiger partial charge in [-0.05, 0) is 65.7 Å². The van der Waals surface area contributed by atoms with E-state index in [0.717, 1.165) is 17.7 Å². The van der Waals surface area contributed by atoms with Crippen molar-refractivity contribution in [2.24, 2.45) is 22.4 Å².